The Balaban J connectivity index is 1.53. The first-order valence-electron chi connectivity index (χ1n) is 8.96. The van der Waals surface area contributed by atoms with E-state index in [1.54, 1.807) is 6.07 Å². The van der Waals surface area contributed by atoms with Gasteiger partial charge in [-0.2, -0.15) is 0 Å². The fraction of sp³-hybridized carbons (Fsp3) is 0.238. The molecule has 0 unspecified atom stereocenters. The summed E-state index contributed by atoms with van der Waals surface area (Å²) in [6, 6.07) is 20.0. The first-order valence-corrected chi connectivity index (χ1v) is 8.96. The molecule has 3 aromatic rings. The molecule has 0 bridgehead atoms. The van der Waals surface area contributed by atoms with Gasteiger partial charge in [-0.1, -0.05) is 36.4 Å². The average molecular weight is 347 g/mol. The third-order valence-corrected chi connectivity index (χ3v) is 4.93. The SMILES string of the molecule is O=[N+]([O-])c1cc(CNc2ccc3ccccc3c2)ccc1N1CCCC1. The number of nitrogens with zero attached hydrogens (tertiary/aromatic N) is 2. The lowest BCUT2D eigenvalue weighted by Crippen LogP contribution is -2.19. The van der Waals surface area contributed by atoms with E-state index in [9.17, 15) is 10.1 Å². The number of nitrogens with one attached hydrogen (secondary N) is 1. The van der Waals surface area contributed by atoms with E-state index in [1.165, 1.54) is 10.8 Å². The van der Waals surface area contributed by atoms with Crippen LogP contribution in [-0.2, 0) is 6.54 Å². The maximum absolute atomic E-state index is 11.5. The monoisotopic (exact) mass is 347 g/mol. The van der Waals surface area contributed by atoms with Crippen LogP contribution in [0, 0.1) is 10.1 Å². The fourth-order valence-corrected chi connectivity index (χ4v) is 3.55. The summed E-state index contributed by atoms with van der Waals surface area (Å²) in [5, 5.41) is 17.3. The van der Waals surface area contributed by atoms with Gasteiger partial charge in [-0.15, -0.1) is 0 Å². The van der Waals surface area contributed by atoms with Crippen LogP contribution in [-0.4, -0.2) is 18.0 Å². The first kappa shape index (κ1) is 16.4. The number of benzene rings is 3. The standard InChI is InChI=1S/C21H21N3O2/c25-24(26)21-13-16(7-10-20(21)23-11-3-4-12-23)15-22-19-9-8-17-5-1-2-6-18(17)14-19/h1-2,5-10,13-14,22H,3-4,11-12,15H2. The van der Waals surface area contributed by atoms with E-state index in [4.69, 9.17) is 0 Å². The third kappa shape index (κ3) is 3.33. The van der Waals surface area contributed by atoms with Gasteiger partial charge in [0.2, 0.25) is 0 Å². The number of nitro benzene ring substituents is 1. The fourth-order valence-electron chi connectivity index (χ4n) is 3.55. The molecule has 3 aromatic carbocycles. The normalized spacial score (nSPS) is 13.9. The van der Waals surface area contributed by atoms with Gasteiger partial charge < -0.3 is 10.2 Å². The number of hydrogen-bond donors (Lipinski definition) is 1. The van der Waals surface area contributed by atoms with Gasteiger partial charge in [0.05, 0.1) is 4.92 Å². The summed E-state index contributed by atoms with van der Waals surface area (Å²) in [4.78, 5) is 13.3. The quantitative estimate of drug-likeness (QED) is 0.523. The molecule has 1 aliphatic heterocycles. The topological polar surface area (TPSA) is 58.4 Å². The maximum atomic E-state index is 11.5. The highest BCUT2D eigenvalue weighted by molar-refractivity contribution is 5.85. The number of anilines is 2. The molecule has 0 saturated carbocycles. The van der Waals surface area contributed by atoms with Gasteiger partial charge in [0.25, 0.3) is 5.69 Å². The zero-order chi connectivity index (χ0) is 17.9. The van der Waals surface area contributed by atoms with Crippen LogP contribution in [0.4, 0.5) is 17.1 Å². The summed E-state index contributed by atoms with van der Waals surface area (Å²) in [5.74, 6) is 0. The average Bonchev–Trinajstić information content (AvgIpc) is 3.20. The van der Waals surface area contributed by atoms with Crippen molar-refractivity contribution in [2.75, 3.05) is 23.3 Å². The largest absolute Gasteiger partial charge is 0.381 e. The predicted molar refractivity (Wildman–Crippen MR) is 106 cm³/mol. The minimum atomic E-state index is -0.271. The van der Waals surface area contributed by atoms with Gasteiger partial charge in [0.1, 0.15) is 5.69 Å². The van der Waals surface area contributed by atoms with E-state index in [0.717, 1.165) is 42.9 Å². The Labute approximate surface area is 152 Å². The Bertz CT molecular complexity index is 949. The van der Waals surface area contributed by atoms with Crippen molar-refractivity contribution in [3.63, 3.8) is 0 Å². The van der Waals surface area contributed by atoms with Crippen molar-refractivity contribution in [2.45, 2.75) is 19.4 Å². The number of rotatable bonds is 5. The molecule has 1 fully saturated rings. The molecule has 0 radical (unpaired) electrons. The second-order valence-corrected chi connectivity index (χ2v) is 6.69. The summed E-state index contributed by atoms with van der Waals surface area (Å²) in [6.07, 6.45) is 2.20. The molecule has 0 aromatic heterocycles. The molecule has 0 atom stereocenters. The van der Waals surface area contributed by atoms with Crippen molar-refractivity contribution in [3.05, 3.63) is 76.3 Å². The molecular formula is C21H21N3O2. The van der Waals surface area contributed by atoms with Crippen LogP contribution >= 0.6 is 0 Å². The Morgan fingerprint density at radius 2 is 1.73 bits per heavy atom. The van der Waals surface area contributed by atoms with Crippen molar-refractivity contribution >= 4 is 27.8 Å². The molecule has 0 amide bonds. The summed E-state index contributed by atoms with van der Waals surface area (Å²) >= 11 is 0. The van der Waals surface area contributed by atoms with Crippen LogP contribution < -0.4 is 10.2 Å². The van der Waals surface area contributed by atoms with Gasteiger partial charge in [0.15, 0.2) is 0 Å². The van der Waals surface area contributed by atoms with Gasteiger partial charge in [-0.25, -0.2) is 0 Å². The maximum Gasteiger partial charge on any atom is 0.292 e. The summed E-state index contributed by atoms with van der Waals surface area (Å²) in [7, 11) is 0. The van der Waals surface area contributed by atoms with Gasteiger partial charge >= 0.3 is 0 Å². The molecule has 0 aliphatic carbocycles. The molecule has 4 rings (SSSR count). The molecular weight excluding hydrogens is 326 g/mol. The summed E-state index contributed by atoms with van der Waals surface area (Å²) in [6.45, 7) is 2.35. The molecule has 5 heteroatoms. The third-order valence-electron chi connectivity index (χ3n) is 4.93. The zero-order valence-electron chi connectivity index (χ0n) is 14.5. The second kappa shape index (κ2) is 7.04. The van der Waals surface area contributed by atoms with Crippen LogP contribution in [0.1, 0.15) is 18.4 Å². The molecule has 1 N–H and O–H groups in total. The van der Waals surface area contributed by atoms with E-state index in [1.807, 2.05) is 30.3 Å². The van der Waals surface area contributed by atoms with Gasteiger partial charge in [0, 0.05) is 31.4 Å². The Morgan fingerprint density at radius 1 is 0.962 bits per heavy atom. The highest BCUT2D eigenvalue weighted by Gasteiger charge is 2.22. The number of hydrogen-bond acceptors (Lipinski definition) is 4. The Morgan fingerprint density at radius 3 is 2.50 bits per heavy atom. The smallest absolute Gasteiger partial charge is 0.292 e. The van der Waals surface area contributed by atoms with Crippen LogP contribution in [0.15, 0.2) is 60.7 Å². The summed E-state index contributed by atoms with van der Waals surface area (Å²) < 4.78 is 0. The van der Waals surface area contributed by atoms with Crippen LogP contribution in [0.2, 0.25) is 0 Å². The van der Waals surface area contributed by atoms with E-state index in [0.29, 0.717) is 6.54 Å². The van der Waals surface area contributed by atoms with Gasteiger partial charge in [-0.05, 0) is 47.4 Å². The van der Waals surface area contributed by atoms with Crippen molar-refractivity contribution in [3.8, 4) is 0 Å². The first-order chi connectivity index (χ1) is 12.7. The van der Waals surface area contributed by atoms with Crippen molar-refractivity contribution in [1.29, 1.82) is 0 Å². The lowest BCUT2D eigenvalue weighted by molar-refractivity contribution is -0.384. The number of fused-ring (bicyclic) bond motifs is 1. The lowest BCUT2D eigenvalue weighted by atomic mass is 10.1. The van der Waals surface area contributed by atoms with Gasteiger partial charge in [-0.3, -0.25) is 10.1 Å². The lowest BCUT2D eigenvalue weighted by Gasteiger charge is -2.18. The second-order valence-electron chi connectivity index (χ2n) is 6.69. The van der Waals surface area contributed by atoms with E-state index in [2.05, 4.69) is 34.5 Å². The van der Waals surface area contributed by atoms with Crippen LogP contribution in [0.25, 0.3) is 10.8 Å². The van der Waals surface area contributed by atoms with Crippen molar-refractivity contribution in [1.82, 2.24) is 0 Å². The number of nitro groups is 1. The van der Waals surface area contributed by atoms with Crippen molar-refractivity contribution in [2.24, 2.45) is 0 Å². The highest BCUT2D eigenvalue weighted by Crippen LogP contribution is 2.32. The minimum Gasteiger partial charge on any atom is -0.381 e. The molecule has 5 nitrogen and oxygen atoms in total. The predicted octanol–water partition coefficient (Wildman–Crippen LogP) is 4.96. The van der Waals surface area contributed by atoms with Crippen LogP contribution in [0.5, 0.6) is 0 Å². The Kier molecular flexibility index (Phi) is 4.44. The van der Waals surface area contributed by atoms with E-state index in [-0.39, 0.29) is 10.6 Å². The van der Waals surface area contributed by atoms with E-state index >= 15 is 0 Å². The molecule has 1 heterocycles. The van der Waals surface area contributed by atoms with Crippen molar-refractivity contribution < 1.29 is 4.92 Å². The zero-order valence-corrected chi connectivity index (χ0v) is 14.5. The molecule has 26 heavy (non-hydrogen) atoms. The molecule has 1 aliphatic rings. The van der Waals surface area contributed by atoms with E-state index < -0.39 is 0 Å². The molecule has 132 valence electrons. The summed E-state index contributed by atoms with van der Waals surface area (Å²) in [5.41, 5.74) is 2.86. The molecule has 0 spiro atoms. The van der Waals surface area contributed by atoms with Crippen LogP contribution in [0.3, 0.4) is 0 Å². The Hall–Kier alpha value is -3.08. The highest BCUT2D eigenvalue weighted by atomic mass is 16.6. The minimum absolute atomic E-state index is 0.199. The molecule has 1 saturated heterocycles.